The molecule has 2 saturated carbocycles. The summed E-state index contributed by atoms with van der Waals surface area (Å²) in [5.74, 6) is 1.27. The van der Waals surface area contributed by atoms with Gasteiger partial charge in [-0.25, -0.2) is 0 Å². The normalized spacial score (nSPS) is 31.1. The number of carbonyl (C=O) groups is 1. The molecule has 21 heavy (non-hydrogen) atoms. The van der Waals surface area contributed by atoms with Crippen LogP contribution in [0.1, 0.15) is 78.6 Å². The van der Waals surface area contributed by atoms with Crippen molar-refractivity contribution in [1.82, 2.24) is 5.32 Å². The first-order valence-corrected chi connectivity index (χ1v) is 8.56. The summed E-state index contributed by atoms with van der Waals surface area (Å²) in [5.41, 5.74) is -0.231. The van der Waals surface area contributed by atoms with Crippen LogP contribution in [0.5, 0.6) is 0 Å². The number of hydrogen-bond donors (Lipinski definition) is 1. The molecule has 0 heterocycles. The van der Waals surface area contributed by atoms with Crippen LogP contribution in [0, 0.1) is 28.6 Å². The molecule has 118 valence electrons. The van der Waals surface area contributed by atoms with Crippen LogP contribution < -0.4 is 5.32 Å². The smallest absolute Gasteiger partial charge is 0.221 e. The van der Waals surface area contributed by atoms with E-state index in [-0.39, 0.29) is 5.91 Å². The van der Waals surface area contributed by atoms with Gasteiger partial charge in [-0.1, -0.05) is 40.0 Å². The monoisotopic (exact) mass is 290 g/mol. The largest absolute Gasteiger partial charge is 0.338 e. The fraction of sp³-hybridized carbons (Fsp3) is 0.889. The summed E-state index contributed by atoms with van der Waals surface area (Å²) in [7, 11) is 0. The summed E-state index contributed by atoms with van der Waals surface area (Å²) in [6.07, 6.45) is 9.07. The molecule has 1 amide bonds. The van der Waals surface area contributed by atoms with E-state index in [1.54, 1.807) is 0 Å². The van der Waals surface area contributed by atoms with Crippen molar-refractivity contribution < 1.29 is 4.79 Å². The molecule has 2 rings (SSSR count). The maximum Gasteiger partial charge on any atom is 0.221 e. The summed E-state index contributed by atoms with van der Waals surface area (Å²) < 4.78 is 0. The van der Waals surface area contributed by atoms with E-state index < -0.39 is 5.54 Å². The Labute approximate surface area is 129 Å². The van der Waals surface area contributed by atoms with Crippen LogP contribution in [0.15, 0.2) is 0 Å². The molecule has 0 aromatic heterocycles. The Kier molecular flexibility index (Phi) is 4.96. The predicted molar refractivity (Wildman–Crippen MR) is 84.5 cm³/mol. The minimum atomic E-state index is -0.578. The van der Waals surface area contributed by atoms with E-state index in [1.165, 1.54) is 12.8 Å². The van der Waals surface area contributed by atoms with Crippen molar-refractivity contribution in [2.24, 2.45) is 17.3 Å². The Bertz CT molecular complexity index is 415. The average Bonchev–Trinajstić information content (AvgIpc) is 2.37. The summed E-state index contributed by atoms with van der Waals surface area (Å²) in [4.78, 5) is 12.4. The third-order valence-corrected chi connectivity index (χ3v) is 5.25. The molecular weight excluding hydrogens is 260 g/mol. The fourth-order valence-corrected chi connectivity index (χ4v) is 4.70. The van der Waals surface area contributed by atoms with Gasteiger partial charge in [0.05, 0.1) is 6.07 Å². The number of nitriles is 1. The standard InChI is InChI=1S/C18H30N2O/c1-14-9-15(12-17(2,3)11-14)10-16(21)20-18(13-19)7-5-4-6-8-18/h14-15H,4-12H2,1-3H3,(H,20,21). The third-order valence-electron chi connectivity index (χ3n) is 5.25. The molecule has 3 heteroatoms. The highest BCUT2D eigenvalue weighted by Gasteiger charge is 2.36. The first kappa shape index (κ1) is 16.3. The number of hydrogen-bond acceptors (Lipinski definition) is 2. The maximum atomic E-state index is 12.4. The number of nitrogens with one attached hydrogen (secondary N) is 1. The Morgan fingerprint density at radius 3 is 2.48 bits per heavy atom. The molecule has 0 saturated heterocycles. The minimum Gasteiger partial charge on any atom is -0.338 e. The van der Waals surface area contributed by atoms with E-state index in [9.17, 15) is 10.1 Å². The van der Waals surface area contributed by atoms with E-state index in [0.29, 0.717) is 23.7 Å². The number of nitrogens with zero attached hydrogens (tertiary/aromatic N) is 1. The first-order valence-electron chi connectivity index (χ1n) is 8.56. The van der Waals surface area contributed by atoms with E-state index in [2.05, 4.69) is 32.2 Å². The molecule has 2 fully saturated rings. The second-order valence-electron chi connectivity index (χ2n) is 8.29. The molecule has 2 atom stereocenters. The zero-order valence-corrected chi connectivity index (χ0v) is 13.9. The Morgan fingerprint density at radius 1 is 1.24 bits per heavy atom. The van der Waals surface area contributed by atoms with Crippen molar-refractivity contribution >= 4 is 5.91 Å². The van der Waals surface area contributed by atoms with Crippen molar-refractivity contribution in [2.45, 2.75) is 84.1 Å². The molecule has 0 aliphatic heterocycles. The van der Waals surface area contributed by atoms with Crippen molar-refractivity contribution in [3.05, 3.63) is 0 Å². The zero-order valence-electron chi connectivity index (χ0n) is 13.9. The fourth-order valence-electron chi connectivity index (χ4n) is 4.70. The lowest BCUT2D eigenvalue weighted by atomic mass is 9.67. The van der Waals surface area contributed by atoms with Crippen LogP contribution in [0.2, 0.25) is 0 Å². The maximum absolute atomic E-state index is 12.4. The third kappa shape index (κ3) is 4.46. The van der Waals surface area contributed by atoms with Gasteiger partial charge in [0.15, 0.2) is 0 Å². The number of carbonyl (C=O) groups excluding carboxylic acids is 1. The molecule has 0 aromatic rings. The topological polar surface area (TPSA) is 52.9 Å². The minimum absolute atomic E-state index is 0.0911. The predicted octanol–water partition coefficient (Wildman–Crippen LogP) is 4.18. The first-order chi connectivity index (χ1) is 9.84. The van der Waals surface area contributed by atoms with Crippen molar-refractivity contribution in [2.75, 3.05) is 0 Å². The SMILES string of the molecule is CC1CC(CC(=O)NC2(C#N)CCCCC2)CC(C)(C)C1. The van der Waals surface area contributed by atoms with Gasteiger partial charge in [0, 0.05) is 6.42 Å². The van der Waals surface area contributed by atoms with Crippen LogP contribution >= 0.6 is 0 Å². The van der Waals surface area contributed by atoms with Gasteiger partial charge in [-0.15, -0.1) is 0 Å². The molecule has 2 unspecified atom stereocenters. The number of rotatable bonds is 3. The van der Waals surface area contributed by atoms with E-state index in [1.807, 2.05) is 0 Å². The van der Waals surface area contributed by atoms with Gasteiger partial charge in [0.2, 0.25) is 5.91 Å². The highest BCUT2D eigenvalue weighted by Crippen LogP contribution is 2.42. The summed E-state index contributed by atoms with van der Waals surface area (Å²) >= 11 is 0. The Hall–Kier alpha value is -1.04. The van der Waals surface area contributed by atoms with Crippen molar-refractivity contribution in [3.8, 4) is 6.07 Å². The molecule has 0 spiro atoms. The zero-order chi connectivity index (χ0) is 15.5. The quantitative estimate of drug-likeness (QED) is 0.847. The van der Waals surface area contributed by atoms with Crippen LogP contribution in [-0.2, 0) is 4.79 Å². The molecule has 3 nitrogen and oxygen atoms in total. The molecule has 2 aliphatic rings. The number of amides is 1. The van der Waals surface area contributed by atoms with Crippen LogP contribution in [-0.4, -0.2) is 11.4 Å². The summed E-state index contributed by atoms with van der Waals surface area (Å²) in [6, 6.07) is 2.38. The summed E-state index contributed by atoms with van der Waals surface area (Å²) in [5, 5.41) is 12.5. The van der Waals surface area contributed by atoms with Crippen molar-refractivity contribution in [3.63, 3.8) is 0 Å². The van der Waals surface area contributed by atoms with Gasteiger partial charge in [0.25, 0.3) is 0 Å². The van der Waals surface area contributed by atoms with Crippen LogP contribution in [0.3, 0.4) is 0 Å². The van der Waals surface area contributed by atoms with Crippen LogP contribution in [0.4, 0.5) is 0 Å². The van der Waals surface area contributed by atoms with E-state index in [4.69, 9.17) is 0 Å². The molecule has 0 radical (unpaired) electrons. The second-order valence-corrected chi connectivity index (χ2v) is 8.29. The molecule has 0 aromatic carbocycles. The van der Waals surface area contributed by atoms with Gasteiger partial charge >= 0.3 is 0 Å². The second kappa shape index (κ2) is 6.38. The van der Waals surface area contributed by atoms with Crippen LogP contribution in [0.25, 0.3) is 0 Å². The molecule has 2 aliphatic carbocycles. The average molecular weight is 290 g/mol. The van der Waals surface area contributed by atoms with Crippen molar-refractivity contribution in [1.29, 1.82) is 5.26 Å². The molecule has 1 N–H and O–H groups in total. The molecular formula is C18H30N2O. The van der Waals surface area contributed by atoms with E-state index in [0.717, 1.165) is 38.5 Å². The summed E-state index contributed by atoms with van der Waals surface area (Å²) in [6.45, 7) is 6.92. The van der Waals surface area contributed by atoms with E-state index >= 15 is 0 Å². The lowest BCUT2D eigenvalue weighted by Gasteiger charge is -2.39. The Morgan fingerprint density at radius 2 is 1.90 bits per heavy atom. The Balaban J connectivity index is 1.90. The van der Waals surface area contributed by atoms with Gasteiger partial charge in [0.1, 0.15) is 5.54 Å². The lowest BCUT2D eigenvalue weighted by molar-refractivity contribution is -0.124. The van der Waals surface area contributed by atoms with Gasteiger partial charge < -0.3 is 5.32 Å². The van der Waals surface area contributed by atoms with Gasteiger partial charge in [-0.2, -0.15) is 5.26 Å². The van der Waals surface area contributed by atoms with Gasteiger partial charge in [-0.3, -0.25) is 4.79 Å². The highest BCUT2D eigenvalue weighted by atomic mass is 16.1. The van der Waals surface area contributed by atoms with Gasteiger partial charge in [-0.05, 0) is 49.4 Å². The molecule has 0 bridgehead atoms. The lowest BCUT2D eigenvalue weighted by Crippen LogP contribution is -2.49. The highest BCUT2D eigenvalue weighted by molar-refractivity contribution is 5.77.